The van der Waals surface area contributed by atoms with Gasteiger partial charge in [-0.3, -0.25) is 4.79 Å². The van der Waals surface area contributed by atoms with E-state index in [0.717, 1.165) is 0 Å². The molecule has 1 aromatic heterocycles. The molecule has 0 aliphatic heterocycles. The molecule has 0 saturated heterocycles. The lowest BCUT2D eigenvalue weighted by molar-refractivity contribution is 0.0950. The summed E-state index contributed by atoms with van der Waals surface area (Å²) in [5, 5.41) is 10.7. The third kappa shape index (κ3) is 3.79. The van der Waals surface area contributed by atoms with Crippen molar-refractivity contribution in [3.63, 3.8) is 0 Å². The Morgan fingerprint density at radius 2 is 1.83 bits per heavy atom. The van der Waals surface area contributed by atoms with E-state index >= 15 is 0 Å². The molecule has 0 saturated carbocycles. The van der Waals surface area contributed by atoms with Gasteiger partial charge in [0, 0.05) is 11.1 Å². The standard InChI is InChI=1S/C17H15FN4O/c18-16-9-5-4-8-14(16)11-22-12-15(20-21-22)10-19-17(23)13-6-2-1-3-7-13/h1-9,12H,10-11H2,(H,19,23). The molecule has 2 aromatic carbocycles. The van der Waals surface area contributed by atoms with Gasteiger partial charge in [-0.15, -0.1) is 5.10 Å². The van der Waals surface area contributed by atoms with E-state index in [4.69, 9.17) is 0 Å². The lowest BCUT2D eigenvalue weighted by Gasteiger charge is -2.03. The molecular weight excluding hydrogens is 295 g/mol. The second kappa shape index (κ2) is 6.83. The fourth-order valence-electron chi connectivity index (χ4n) is 2.16. The summed E-state index contributed by atoms with van der Waals surface area (Å²) in [4.78, 5) is 11.9. The Morgan fingerprint density at radius 3 is 2.61 bits per heavy atom. The third-order valence-corrected chi connectivity index (χ3v) is 3.34. The van der Waals surface area contributed by atoms with Crippen LogP contribution in [0, 0.1) is 5.82 Å². The van der Waals surface area contributed by atoms with Gasteiger partial charge in [0.15, 0.2) is 0 Å². The smallest absolute Gasteiger partial charge is 0.251 e. The van der Waals surface area contributed by atoms with Gasteiger partial charge < -0.3 is 5.32 Å². The first-order valence-corrected chi connectivity index (χ1v) is 7.18. The Balaban J connectivity index is 1.60. The molecule has 1 amide bonds. The molecule has 6 heteroatoms. The van der Waals surface area contributed by atoms with E-state index in [-0.39, 0.29) is 18.3 Å². The van der Waals surface area contributed by atoms with E-state index in [0.29, 0.717) is 23.4 Å². The largest absolute Gasteiger partial charge is 0.346 e. The first kappa shape index (κ1) is 14.9. The first-order valence-electron chi connectivity index (χ1n) is 7.18. The van der Waals surface area contributed by atoms with Gasteiger partial charge in [0.25, 0.3) is 5.91 Å². The lowest BCUT2D eigenvalue weighted by Crippen LogP contribution is -2.22. The molecule has 3 aromatic rings. The topological polar surface area (TPSA) is 59.8 Å². The van der Waals surface area contributed by atoms with E-state index in [1.807, 2.05) is 6.07 Å². The summed E-state index contributed by atoms with van der Waals surface area (Å²) in [5.41, 5.74) is 1.74. The third-order valence-electron chi connectivity index (χ3n) is 3.34. The molecule has 0 unspecified atom stereocenters. The molecule has 0 aliphatic rings. The quantitative estimate of drug-likeness (QED) is 0.787. The van der Waals surface area contributed by atoms with Gasteiger partial charge in [0.05, 0.1) is 19.3 Å². The van der Waals surface area contributed by atoms with Crippen LogP contribution in [-0.2, 0) is 13.1 Å². The number of hydrogen-bond acceptors (Lipinski definition) is 3. The van der Waals surface area contributed by atoms with Crippen LogP contribution in [0.3, 0.4) is 0 Å². The van der Waals surface area contributed by atoms with Crippen LogP contribution in [0.1, 0.15) is 21.6 Å². The molecule has 1 heterocycles. The van der Waals surface area contributed by atoms with Crippen LogP contribution < -0.4 is 5.32 Å². The van der Waals surface area contributed by atoms with Crippen molar-refractivity contribution in [3.05, 3.63) is 83.4 Å². The van der Waals surface area contributed by atoms with Crippen molar-refractivity contribution in [2.24, 2.45) is 0 Å². The predicted octanol–water partition coefficient (Wildman–Crippen LogP) is 2.40. The molecule has 3 rings (SSSR count). The normalized spacial score (nSPS) is 10.5. The fraction of sp³-hybridized carbons (Fsp3) is 0.118. The number of benzene rings is 2. The number of nitrogens with zero attached hydrogens (tertiary/aromatic N) is 3. The Kier molecular flexibility index (Phi) is 4.42. The SMILES string of the molecule is O=C(NCc1cn(Cc2ccccc2F)nn1)c1ccccc1. The molecule has 0 fully saturated rings. The molecule has 0 spiro atoms. The van der Waals surface area contributed by atoms with Gasteiger partial charge in [0.2, 0.25) is 0 Å². The summed E-state index contributed by atoms with van der Waals surface area (Å²) in [5.74, 6) is -0.448. The Morgan fingerprint density at radius 1 is 1.09 bits per heavy atom. The van der Waals surface area contributed by atoms with Crippen LogP contribution in [0.25, 0.3) is 0 Å². The Bertz CT molecular complexity index is 801. The van der Waals surface area contributed by atoms with Crippen LogP contribution in [0.2, 0.25) is 0 Å². The minimum absolute atomic E-state index is 0.172. The van der Waals surface area contributed by atoms with E-state index < -0.39 is 0 Å². The van der Waals surface area contributed by atoms with Gasteiger partial charge in [-0.2, -0.15) is 0 Å². The van der Waals surface area contributed by atoms with E-state index in [1.165, 1.54) is 6.07 Å². The second-order valence-corrected chi connectivity index (χ2v) is 5.05. The van der Waals surface area contributed by atoms with Crippen molar-refractivity contribution in [2.45, 2.75) is 13.1 Å². The molecule has 23 heavy (non-hydrogen) atoms. The van der Waals surface area contributed by atoms with Crippen molar-refractivity contribution in [2.75, 3.05) is 0 Å². The van der Waals surface area contributed by atoms with Crippen molar-refractivity contribution in [1.82, 2.24) is 20.3 Å². The van der Waals surface area contributed by atoms with Gasteiger partial charge in [-0.05, 0) is 18.2 Å². The fourth-order valence-corrected chi connectivity index (χ4v) is 2.16. The molecular formula is C17H15FN4O. The zero-order chi connectivity index (χ0) is 16.1. The van der Waals surface area contributed by atoms with Crippen LogP contribution >= 0.6 is 0 Å². The highest BCUT2D eigenvalue weighted by atomic mass is 19.1. The summed E-state index contributed by atoms with van der Waals surface area (Å²) in [7, 11) is 0. The highest BCUT2D eigenvalue weighted by Crippen LogP contribution is 2.08. The molecule has 0 radical (unpaired) electrons. The lowest BCUT2D eigenvalue weighted by atomic mass is 10.2. The number of aromatic nitrogens is 3. The van der Waals surface area contributed by atoms with E-state index in [1.54, 1.807) is 53.3 Å². The van der Waals surface area contributed by atoms with Crippen molar-refractivity contribution >= 4 is 5.91 Å². The van der Waals surface area contributed by atoms with Gasteiger partial charge in [-0.1, -0.05) is 41.6 Å². The van der Waals surface area contributed by atoms with Crippen molar-refractivity contribution in [1.29, 1.82) is 0 Å². The van der Waals surface area contributed by atoms with E-state index in [2.05, 4.69) is 15.6 Å². The molecule has 116 valence electrons. The summed E-state index contributed by atoms with van der Waals surface area (Å²) < 4.78 is 15.1. The number of rotatable bonds is 5. The van der Waals surface area contributed by atoms with Crippen LogP contribution in [0.5, 0.6) is 0 Å². The van der Waals surface area contributed by atoms with Gasteiger partial charge in [-0.25, -0.2) is 9.07 Å². The number of carbonyl (C=O) groups excluding carboxylic acids is 1. The van der Waals surface area contributed by atoms with Crippen molar-refractivity contribution in [3.8, 4) is 0 Å². The summed E-state index contributed by atoms with van der Waals surface area (Å²) in [6.45, 7) is 0.567. The van der Waals surface area contributed by atoms with Crippen LogP contribution in [-0.4, -0.2) is 20.9 Å². The average molecular weight is 310 g/mol. The first-order chi connectivity index (χ1) is 11.2. The maximum Gasteiger partial charge on any atom is 0.251 e. The zero-order valence-corrected chi connectivity index (χ0v) is 12.3. The summed E-state index contributed by atoms with van der Waals surface area (Å²) in [6.07, 6.45) is 1.69. The monoisotopic (exact) mass is 310 g/mol. The van der Waals surface area contributed by atoms with Crippen LogP contribution in [0.15, 0.2) is 60.8 Å². The highest BCUT2D eigenvalue weighted by molar-refractivity contribution is 5.93. The van der Waals surface area contributed by atoms with E-state index in [9.17, 15) is 9.18 Å². The minimum Gasteiger partial charge on any atom is -0.346 e. The molecule has 0 bridgehead atoms. The average Bonchev–Trinajstić information content (AvgIpc) is 3.03. The zero-order valence-electron chi connectivity index (χ0n) is 12.3. The maximum absolute atomic E-state index is 13.6. The minimum atomic E-state index is -0.276. The Hall–Kier alpha value is -3.02. The number of carbonyl (C=O) groups is 1. The van der Waals surface area contributed by atoms with Gasteiger partial charge in [0.1, 0.15) is 11.5 Å². The molecule has 0 atom stereocenters. The second-order valence-electron chi connectivity index (χ2n) is 5.05. The summed E-state index contributed by atoms with van der Waals surface area (Å²) in [6, 6.07) is 15.5. The van der Waals surface area contributed by atoms with Crippen LogP contribution in [0.4, 0.5) is 4.39 Å². The number of nitrogens with one attached hydrogen (secondary N) is 1. The number of hydrogen-bond donors (Lipinski definition) is 1. The molecule has 0 aliphatic carbocycles. The predicted molar refractivity (Wildman–Crippen MR) is 83.1 cm³/mol. The number of amides is 1. The summed E-state index contributed by atoms with van der Waals surface area (Å²) >= 11 is 0. The number of halogens is 1. The Labute approximate surface area is 132 Å². The van der Waals surface area contributed by atoms with Gasteiger partial charge >= 0.3 is 0 Å². The molecule has 5 nitrogen and oxygen atoms in total. The maximum atomic E-state index is 13.6. The highest BCUT2D eigenvalue weighted by Gasteiger charge is 2.07. The molecule has 1 N–H and O–H groups in total. The van der Waals surface area contributed by atoms with Crippen molar-refractivity contribution < 1.29 is 9.18 Å².